The summed E-state index contributed by atoms with van der Waals surface area (Å²) in [6, 6.07) is 37.0. The number of nitrogens with zero attached hydrogens (tertiary/aromatic N) is 4. The molecule has 3 heterocycles. The number of hydrogen-bond donors (Lipinski definition) is 0. The van der Waals surface area contributed by atoms with Gasteiger partial charge < -0.3 is 9.30 Å². The van der Waals surface area contributed by atoms with Crippen molar-refractivity contribution in [1.82, 2.24) is 19.3 Å². The molecule has 48 heavy (non-hydrogen) atoms. The monoisotopic (exact) mass is 811 g/mol. The Balaban J connectivity index is 0.00000401. The molecule has 0 radical (unpaired) electrons. The van der Waals surface area contributed by atoms with Crippen molar-refractivity contribution in [2.24, 2.45) is 0 Å². The number of pyridine rings is 1. The van der Waals surface area contributed by atoms with Crippen molar-refractivity contribution in [2.45, 2.75) is 66.7 Å². The van der Waals surface area contributed by atoms with Crippen LogP contribution >= 0.6 is 0 Å². The van der Waals surface area contributed by atoms with E-state index in [0.29, 0.717) is 11.5 Å². The number of hydrogen-bond acceptors (Lipinski definition) is 3. The molecule has 0 aliphatic heterocycles. The van der Waals surface area contributed by atoms with Crippen molar-refractivity contribution in [3.8, 4) is 34.1 Å². The van der Waals surface area contributed by atoms with E-state index < -0.39 is 0 Å². The van der Waals surface area contributed by atoms with Crippen LogP contribution in [0.1, 0.15) is 61.2 Å². The van der Waals surface area contributed by atoms with Crippen molar-refractivity contribution < 1.29 is 25.8 Å². The fourth-order valence-corrected chi connectivity index (χ4v) is 6.65. The Kier molecular flexibility index (Phi) is 9.98. The quantitative estimate of drug-likeness (QED) is 0.129. The number of unbranched alkanes of at least 4 members (excludes halogenated alkanes) is 1. The zero-order chi connectivity index (χ0) is 32.5. The van der Waals surface area contributed by atoms with Gasteiger partial charge in [0, 0.05) is 34.5 Å². The summed E-state index contributed by atoms with van der Waals surface area (Å²) in [5.41, 5.74) is 11.0. The molecule has 0 bridgehead atoms. The van der Waals surface area contributed by atoms with E-state index in [1.165, 1.54) is 29.4 Å². The van der Waals surface area contributed by atoms with Gasteiger partial charge in [0.25, 0.3) is 0 Å². The van der Waals surface area contributed by atoms with Crippen LogP contribution in [0.5, 0.6) is 11.5 Å². The largest absolute Gasteiger partial charge is 2.00 e. The molecule has 0 amide bonds. The first-order valence-electron chi connectivity index (χ1n) is 16.7. The predicted molar refractivity (Wildman–Crippen MR) is 192 cm³/mol. The van der Waals surface area contributed by atoms with E-state index in [1.807, 2.05) is 29.1 Å². The minimum absolute atomic E-state index is 0. The van der Waals surface area contributed by atoms with E-state index in [2.05, 4.69) is 118 Å². The third kappa shape index (κ3) is 6.49. The Morgan fingerprint density at radius 3 is 2.35 bits per heavy atom. The fraction of sp³-hybridized carbons (Fsp3) is 0.238. The molecule has 0 fully saturated rings. The van der Waals surface area contributed by atoms with E-state index in [0.717, 1.165) is 75.3 Å². The number of aromatic nitrogens is 4. The zero-order valence-corrected chi connectivity index (χ0v) is 30.5. The number of benzene rings is 4. The van der Waals surface area contributed by atoms with Crippen LogP contribution in [-0.2, 0) is 33.9 Å². The smallest absolute Gasteiger partial charge is 0.509 e. The van der Waals surface area contributed by atoms with Gasteiger partial charge in [0.1, 0.15) is 5.82 Å². The first-order chi connectivity index (χ1) is 22.9. The third-order valence-corrected chi connectivity index (χ3v) is 8.89. The van der Waals surface area contributed by atoms with Gasteiger partial charge in [-0.1, -0.05) is 81.1 Å². The van der Waals surface area contributed by atoms with Gasteiger partial charge in [0.15, 0.2) is 0 Å². The molecule has 3 aromatic heterocycles. The van der Waals surface area contributed by atoms with E-state index in [9.17, 15) is 0 Å². The van der Waals surface area contributed by atoms with Crippen LogP contribution in [0.2, 0.25) is 0 Å². The van der Waals surface area contributed by atoms with Gasteiger partial charge in [-0.3, -0.25) is 4.68 Å². The van der Waals surface area contributed by atoms with Gasteiger partial charge in [-0.05, 0) is 79.6 Å². The molecule has 0 unspecified atom stereocenters. The second-order valence-corrected chi connectivity index (χ2v) is 12.5. The maximum absolute atomic E-state index is 6.60. The van der Waals surface area contributed by atoms with E-state index in [1.54, 1.807) is 0 Å². The minimum Gasteiger partial charge on any atom is -0.509 e. The fourth-order valence-electron chi connectivity index (χ4n) is 6.65. The van der Waals surface area contributed by atoms with Crippen LogP contribution in [0.4, 0.5) is 0 Å². The van der Waals surface area contributed by atoms with Gasteiger partial charge in [-0.25, -0.2) is 4.98 Å². The standard InChI is InChI=1S/C42H40N4O.Pt/c1-6-8-13-31-16-19-39-38(25-31)37-18-17-35(27-40(37)45(39)41-22-28(3)20-21-43-41)47-36-24-32(12-7-2)23-34(26-36)46-30(5)42(29(4)44-46)33-14-10-9-11-15-33;/h9-11,14-25H,6-8,12-13H2,1-5H3;/q-2;+2. The number of aryl methyl sites for hydroxylation is 4. The summed E-state index contributed by atoms with van der Waals surface area (Å²) in [5.74, 6) is 2.15. The summed E-state index contributed by atoms with van der Waals surface area (Å²) >= 11 is 0. The van der Waals surface area contributed by atoms with E-state index >= 15 is 0 Å². The van der Waals surface area contributed by atoms with Gasteiger partial charge in [0.2, 0.25) is 0 Å². The van der Waals surface area contributed by atoms with Crippen LogP contribution in [0.25, 0.3) is 44.4 Å². The Morgan fingerprint density at radius 1 is 0.750 bits per heavy atom. The molecule has 0 atom stereocenters. The summed E-state index contributed by atoms with van der Waals surface area (Å²) in [6.07, 6.45) is 7.25. The van der Waals surface area contributed by atoms with Crippen LogP contribution in [-0.4, -0.2) is 19.3 Å². The molecule has 4 aromatic carbocycles. The SMILES string of the molecule is CCCCc1ccc2c(c1)c1ccc(Oc3[c-]c(-n4nc(C)c(-c5ccccc5)c4C)cc(CCC)c3)[c-]c1n2-c1cc(C)ccn1.[Pt+2]. The van der Waals surface area contributed by atoms with Crippen LogP contribution in [0.15, 0.2) is 91.1 Å². The average molecular weight is 812 g/mol. The molecular formula is C42H40N4OPt. The van der Waals surface area contributed by atoms with Gasteiger partial charge in [-0.2, -0.15) is 16.7 Å². The predicted octanol–water partition coefficient (Wildman–Crippen LogP) is 10.6. The van der Waals surface area contributed by atoms with Crippen molar-refractivity contribution in [1.29, 1.82) is 0 Å². The van der Waals surface area contributed by atoms with Crippen molar-refractivity contribution in [3.63, 3.8) is 0 Å². The molecule has 0 saturated carbocycles. The van der Waals surface area contributed by atoms with E-state index in [4.69, 9.17) is 14.8 Å². The molecule has 0 aliphatic carbocycles. The summed E-state index contributed by atoms with van der Waals surface area (Å²) in [7, 11) is 0. The summed E-state index contributed by atoms with van der Waals surface area (Å²) < 4.78 is 10.8. The molecule has 0 spiro atoms. The zero-order valence-electron chi connectivity index (χ0n) is 28.2. The molecule has 7 rings (SSSR count). The molecule has 244 valence electrons. The summed E-state index contributed by atoms with van der Waals surface area (Å²) in [6.45, 7) is 10.7. The number of fused-ring (bicyclic) bond motifs is 3. The van der Waals surface area contributed by atoms with Gasteiger partial charge in [0.05, 0.1) is 5.69 Å². The van der Waals surface area contributed by atoms with Gasteiger partial charge in [-0.15, -0.1) is 35.7 Å². The molecule has 5 nitrogen and oxygen atoms in total. The first-order valence-corrected chi connectivity index (χ1v) is 16.7. The van der Waals surface area contributed by atoms with E-state index in [-0.39, 0.29) is 21.1 Å². The average Bonchev–Trinajstić information content (AvgIpc) is 3.56. The Hall–Kier alpha value is -4.47. The topological polar surface area (TPSA) is 44.9 Å². The molecule has 0 aliphatic rings. The van der Waals surface area contributed by atoms with Gasteiger partial charge >= 0.3 is 21.1 Å². The molecule has 0 N–H and O–H groups in total. The summed E-state index contributed by atoms with van der Waals surface area (Å²) in [4.78, 5) is 4.77. The first kappa shape index (κ1) is 33.4. The normalized spacial score (nSPS) is 11.3. The Morgan fingerprint density at radius 2 is 1.58 bits per heavy atom. The third-order valence-electron chi connectivity index (χ3n) is 8.89. The summed E-state index contributed by atoms with van der Waals surface area (Å²) in [5, 5.41) is 7.30. The molecular weight excluding hydrogens is 772 g/mol. The van der Waals surface area contributed by atoms with Crippen molar-refractivity contribution in [3.05, 3.63) is 131 Å². The van der Waals surface area contributed by atoms with Crippen molar-refractivity contribution in [2.75, 3.05) is 0 Å². The Labute approximate surface area is 297 Å². The molecule has 7 aromatic rings. The van der Waals surface area contributed by atoms with Crippen molar-refractivity contribution >= 4 is 21.8 Å². The number of rotatable bonds is 10. The second-order valence-electron chi connectivity index (χ2n) is 12.5. The van der Waals surface area contributed by atoms with Crippen LogP contribution < -0.4 is 4.74 Å². The van der Waals surface area contributed by atoms with Crippen LogP contribution in [0, 0.1) is 32.9 Å². The molecule has 6 heteroatoms. The Bertz CT molecular complexity index is 2210. The maximum Gasteiger partial charge on any atom is 2.00 e. The second kappa shape index (κ2) is 14.3. The number of ether oxygens (including phenoxy) is 1. The molecule has 0 saturated heterocycles. The van der Waals surface area contributed by atoms with Crippen LogP contribution in [0.3, 0.4) is 0 Å². The maximum atomic E-state index is 6.60. The minimum atomic E-state index is 0.